The lowest BCUT2D eigenvalue weighted by Crippen LogP contribution is -2.38. The summed E-state index contributed by atoms with van der Waals surface area (Å²) in [5.41, 5.74) is 1.61. The molecule has 0 unspecified atom stereocenters. The maximum atomic E-state index is 12.4. The van der Waals surface area contributed by atoms with Crippen molar-refractivity contribution < 1.29 is 23.8 Å². The number of carbonyl (C=O) groups is 2. The van der Waals surface area contributed by atoms with Gasteiger partial charge in [0.25, 0.3) is 0 Å². The van der Waals surface area contributed by atoms with Crippen molar-refractivity contribution in [2.75, 3.05) is 32.8 Å². The zero-order chi connectivity index (χ0) is 20.1. The van der Waals surface area contributed by atoms with Crippen molar-refractivity contribution in [3.63, 3.8) is 0 Å². The summed E-state index contributed by atoms with van der Waals surface area (Å²) in [5, 5.41) is 2.95. The zero-order valence-corrected chi connectivity index (χ0v) is 16.2. The Kier molecular flexibility index (Phi) is 6.03. The molecule has 0 saturated carbocycles. The Hall–Kier alpha value is -3.22. The first kappa shape index (κ1) is 19.5. The minimum absolute atomic E-state index is 0.0124. The molecule has 1 fully saturated rings. The van der Waals surface area contributed by atoms with Gasteiger partial charge < -0.3 is 24.4 Å². The van der Waals surface area contributed by atoms with Gasteiger partial charge in [-0.2, -0.15) is 0 Å². The fourth-order valence-electron chi connectivity index (χ4n) is 3.27. The second-order valence-electron chi connectivity index (χ2n) is 6.54. The molecule has 0 bridgehead atoms. The predicted octanol–water partition coefficient (Wildman–Crippen LogP) is 2.18. The molecule has 7 heteroatoms. The Bertz CT molecular complexity index is 850. The van der Waals surface area contributed by atoms with Gasteiger partial charge in [-0.3, -0.25) is 9.59 Å². The van der Waals surface area contributed by atoms with Gasteiger partial charge in [0.15, 0.2) is 11.5 Å². The minimum Gasteiger partial charge on any atom is -0.497 e. The third kappa shape index (κ3) is 4.36. The van der Waals surface area contributed by atoms with Gasteiger partial charge in [0.1, 0.15) is 5.75 Å². The Morgan fingerprint density at radius 1 is 1.04 bits per heavy atom. The number of amides is 2. The van der Waals surface area contributed by atoms with E-state index in [1.54, 1.807) is 38.4 Å². The van der Waals surface area contributed by atoms with E-state index in [1.807, 2.05) is 30.3 Å². The lowest BCUT2D eigenvalue weighted by atomic mass is 10.1. The van der Waals surface area contributed by atoms with E-state index in [2.05, 4.69) is 5.32 Å². The van der Waals surface area contributed by atoms with Gasteiger partial charge in [-0.15, -0.1) is 0 Å². The molecule has 2 amide bonds. The smallest absolute Gasteiger partial charge is 0.229 e. The summed E-state index contributed by atoms with van der Waals surface area (Å²) in [6.07, 6.45) is 0.483. The molecule has 2 aromatic carbocycles. The van der Waals surface area contributed by atoms with Crippen molar-refractivity contribution in [2.24, 2.45) is 0 Å². The number of hydrogen-bond acceptors (Lipinski definition) is 5. The first-order valence-electron chi connectivity index (χ1n) is 8.98. The first-order valence-corrected chi connectivity index (χ1v) is 8.98. The zero-order valence-electron chi connectivity index (χ0n) is 16.2. The monoisotopic (exact) mass is 384 g/mol. The predicted molar refractivity (Wildman–Crippen MR) is 105 cm³/mol. The van der Waals surface area contributed by atoms with E-state index in [0.29, 0.717) is 18.0 Å². The summed E-state index contributed by atoms with van der Waals surface area (Å²) < 4.78 is 15.6. The third-order valence-corrected chi connectivity index (χ3v) is 4.69. The van der Waals surface area contributed by atoms with Crippen LogP contribution < -0.4 is 24.4 Å². The van der Waals surface area contributed by atoms with Gasteiger partial charge in [0.05, 0.1) is 33.8 Å². The molecule has 2 aromatic rings. The summed E-state index contributed by atoms with van der Waals surface area (Å²) in [7, 11) is 4.72. The number of carbonyl (C=O) groups excluding carboxylic acids is 2. The summed E-state index contributed by atoms with van der Waals surface area (Å²) in [5.74, 6) is 1.77. The van der Waals surface area contributed by atoms with Crippen LogP contribution in [0.2, 0.25) is 0 Å². The molecule has 1 heterocycles. The van der Waals surface area contributed by atoms with Gasteiger partial charge in [0.2, 0.25) is 11.8 Å². The summed E-state index contributed by atoms with van der Waals surface area (Å²) in [6, 6.07) is 12.5. The number of anilines is 1. The van der Waals surface area contributed by atoms with Crippen LogP contribution in [-0.4, -0.2) is 45.7 Å². The van der Waals surface area contributed by atoms with Gasteiger partial charge >= 0.3 is 0 Å². The molecule has 1 N–H and O–H groups in total. The van der Waals surface area contributed by atoms with E-state index in [0.717, 1.165) is 17.0 Å². The molecular formula is C21H24N2O5. The minimum atomic E-state index is -0.220. The molecule has 1 aliphatic heterocycles. The Morgan fingerprint density at radius 3 is 2.39 bits per heavy atom. The Morgan fingerprint density at radius 2 is 1.75 bits per heavy atom. The summed E-state index contributed by atoms with van der Waals surface area (Å²) in [4.78, 5) is 26.5. The number of hydrogen-bond donors (Lipinski definition) is 1. The lowest BCUT2D eigenvalue weighted by Gasteiger charge is -2.17. The van der Waals surface area contributed by atoms with Gasteiger partial charge in [0, 0.05) is 18.7 Å². The van der Waals surface area contributed by atoms with Crippen molar-refractivity contribution in [2.45, 2.75) is 18.9 Å². The van der Waals surface area contributed by atoms with Crippen LogP contribution in [0.5, 0.6) is 17.2 Å². The second kappa shape index (κ2) is 8.65. The largest absolute Gasteiger partial charge is 0.497 e. The van der Waals surface area contributed by atoms with E-state index in [1.165, 1.54) is 0 Å². The van der Waals surface area contributed by atoms with Crippen molar-refractivity contribution in [3.05, 3.63) is 48.0 Å². The van der Waals surface area contributed by atoms with Crippen LogP contribution in [0.25, 0.3) is 0 Å². The average Bonchev–Trinajstić information content (AvgIpc) is 3.07. The van der Waals surface area contributed by atoms with Gasteiger partial charge in [-0.25, -0.2) is 0 Å². The molecule has 0 aliphatic carbocycles. The van der Waals surface area contributed by atoms with Gasteiger partial charge in [-0.1, -0.05) is 6.07 Å². The molecule has 28 heavy (non-hydrogen) atoms. The highest BCUT2D eigenvalue weighted by molar-refractivity contribution is 5.97. The molecular weight excluding hydrogens is 360 g/mol. The van der Waals surface area contributed by atoms with E-state index in [9.17, 15) is 9.59 Å². The molecule has 1 aliphatic rings. The number of methoxy groups -OCH3 is 3. The number of nitrogens with zero attached hydrogens (tertiary/aromatic N) is 1. The summed E-state index contributed by atoms with van der Waals surface area (Å²) >= 11 is 0. The highest BCUT2D eigenvalue weighted by atomic mass is 16.5. The quantitative estimate of drug-likeness (QED) is 0.792. The van der Waals surface area contributed by atoms with E-state index in [-0.39, 0.29) is 30.7 Å². The molecule has 0 radical (unpaired) electrons. The topological polar surface area (TPSA) is 77.1 Å². The average molecular weight is 384 g/mol. The number of ether oxygens (including phenoxy) is 3. The van der Waals surface area contributed by atoms with Crippen LogP contribution in [0, 0.1) is 0 Å². The van der Waals surface area contributed by atoms with Crippen LogP contribution in [0.15, 0.2) is 42.5 Å². The van der Waals surface area contributed by atoms with E-state index in [4.69, 9.17) is 14.2 Å². The molecule has 1 saturated heterocycles. The highest BCUT2D eigenvalue weighted by Crippen LogP contribution is 2.28. The van der Waals surface area contributed by atoms with E-state index < -0.39 is 0 Å². The SMILES string of the molecule is COc1ccc(N2C[C@H](NC(=O)Cc3ccc(OC)c(OC)c3)CC2=O)cc1. The van der Waals surface area contributed by atoms with Crippen molar-refractivity contribution in [1.82, 2.24) is 5.32 Å². The molecule has 0 aromatic heterocycles. The molecule has 7 nitrogen and oxygen atoms in total. The fourth-order valence-corrected chi connectivity index (χ4v) is 3.27. The van der Waals surface area contributed by atoms with Crippen molar-refractivity contribution >= 4 is 17.5 Å². The van der Waals surface area contributed by atoms with Crippen LogP contribution in [-0.2, 0) is 16.0 Å². The fraction of sp³-hybridized carbons (Fsp3) is 0.333. The third-order valence-electron chi connectivity index (χ3n) is 4.69. The first-order chi connectivity index (χ1) is 13.5. The number of benzene rings is 2. The second-order valence-corrected chi connectivity index (χ2v) is 6.54. The molecule has 3 rings (SSSR count). The molecule has 148 valence electrons. The van der Waals surface area contributed by atoms with Crippen molar-refractivity contribution in [3.8, 4) is 17.2 Å². The maximum Gasteiger partial charge on any atom is 0.229 e. The van der Waals surface area contributed by atoms with E-state index >= 15 is 0 Å². The number of nitrogens with one attached hydrogen (secondary N) is 1. The van der Waals surface area contributed by atoms with Gasteiger partial charge in [-0.05, 0) is 42.0 Å². The standard InChI is InChI=1S/C21H24N2O5/c1-26-17-7-5-16(6-8-17)23-13-15(12-21(23)25)22-20(24)11-14-4-9-18(27-2)19(10-14)28-3/h4-10,15H,11-13H2,1-3H3,(H,22,24)/t15-/m1/s1. The highest BCUT2D eigenvalue weighted by Gasteiger charge is 2.31. The van der Waals surface area contributed by atoms with Crippen LogP contribution in [0.4, 0.5) is 5.69 Å². The number of rotatable bonds is 7. The van der Waals surface area contributed by atoms with Crippen LogP contribution in [0.1, 0.15) is 12.0 Å². The Labute approximate surface area is 164 Å². The molecule has 0 spiro atoms. The van der Waals surface area contributed by atoms with Crippen LogP contribution >= 0.6 is 0 Å². The normalized spacial score (nSPS) is 16.0. The Balaban J connectivity index is 1.59. The summed E-state index contributed by atoms with van der Waals surface area (Å²) in [6.45, 7) is 0.447. The maximum absolute atomic E-state index is 12.4. The van der Waals surface area contributed by atoms with Crippen molar-refractivity contribution in [1.29, 1.82) is 0 Å². The van der Waals surface area contributed by atoms with Crippen LogP contribution in [0.3, 0.4) is 0 Å². The lowest BCUT2D eigenvalue weighted by molar-refractivity contribution is -0.121. The molecule has 1 atom stereocenters.